The van der Waals surface area contributed by atoms with Gasteiger partial charge in [-0.15, -0.1) is 0 Å². The molecule has 0 bridgehead atoms. The third-order valence-electron chi connectivity index (χ3n) is 4.59. The lowest BCUT2D eigenvalue weighted by molar-refractivity contribution is 0.144. The number of nitrogens with zero attached hydrogens (tertiary/aromatic N) is 1. The summed E-state index contributed by atoms with van der Waals surface area (Å²) in [7, 11) is 0. The molecule has 0 aromatic rings. The van der Waals surface area contributed by atoms with Crippen LogP contribution >= 0.6 is 0 Å². The van der Waals surface area contributed by atoms with Crippen molar-refractivity contribution < 1.29 is 0 Å². The predicted octanol–water partition coefficient (Wildman–Crippen LogP) is 4.36. The summed E-state index contributed by atoms with van der Waals surface area (Å²) in [6.45, 7) is 3.74. The van der Waals surface area contributed by atoms with E-state index in [1.165, 1.54) is 77.2 Å². The maximum absolute atomic E-state index is 2.88. The normalized spacial score (nSPS) is 30.2. The fourth-order valence-corrected chi connectivity index (χ4v) is 3.75. The van der Waals surface area contributed by atoms with E-state index in [0.717, 1.165) is 12.1 Å². The number of hydrogen-bond acceptors (Lipinski definition) is 1. The molecule has 0 amide bonds. The summed E-state index contributed by atoms with van der Waals surface area (Å²) in [5, 5.41) is 0. The van der Waals surface area contributed by atoms with Crippen LogP contribution in [-0.2, 0) is 0 Å². The molecule has 2 fully saturated rings. The zero-order valence-electron chi connectivity index (χ0n) is 11.1. The van der Waals surface area contributed by atoms with Crippen LogP contribution in [0.2, 0.25) is 0 Å². The average Bonchev–Trinajstić information content (AvgIpc) is 2.66. The summed E-state index contributed by atoms with van der Waals surface area (Å²) < 4.78 is 0. The van der Waals surface area contributed by atoms with Crippen molar-refractivity contribution in [2.75, 3.05) is 6.54 Å². The number of hydrogen-bond donors (Lipinski definition) is 0. The SMILES string of the molecule is CCC[C@@H]1CCCN1C1CCCCCCC1. The van der Waals surface area contributed by atoms with Crippen molar-refractivity contribution in [1.29, 1.82) is 0 Å². The highest BCUT2D eigenvalue weighted by atomic mass is 15.2. The molecule has 0 spiro atoms. The lowest BCUT2D eigenvalue weighted by Gasteiger charge is -2.34. The van der Waals surface area contributed by atoms with E-state index in [1.54, 1.807) is 0 Å². The van der Waals surface area contributed by atoms with Gasteiger partial charge in [-0.25, -0.2) is 0 Å². The van der Waals surface area contributed by atoms with Gasteiger partial charge in [-0.2, -0.15) is 0 Å². The van der Waals surface area contributed by atoms with Crippen molar-refractivity contribution in [2.45, 2.75) is 89.6 Å². The lowest BCUT2D eigenvalue weighted by atomic mass is 9.94. The van der Waals surface area contributed by atoms with E-state index in [-0.39, 0.29) is 0 Å². The van der Waals surface area contributed by atoms with E-state index in [1.807, 2.05) is 0 Å². The van der Waals surface area contributed by atoms with Gasteiger partial charge in [0.15, 0.2) is 0 Å². The fraction of sp³-hybridized carbons (Fsp3) is 1.00. The molecule has 16 heavy (non-hydrogen) atoms. The minimum atomic E-state index is 0.939. The van der Waals surface area contributed by atoms with Gasteiger partial charge in [0.2, 0.25) is 0 Å². The Labute approximate surface area is 102 Å². The van der Waals surface area contributed by atoms with Gasteiger partial charge >= 0.3 is 0 Å². The molecule has 1 atom stereocenters. The Balaban J connectivity index is 1.87. The van der Waals surface area contributed by atoms with Gasteiger partial charge in [-0.05, 0) is 38.6 Å². The largest absolute Gasteiger partial charge is 0.297 e. The molecule has 0 unspecified atom stereocenters. The van der Waals surface area contributed by atoms with Gasteiger partial charge in [-0.1, -0.05) is 45.4 Å². The molecule has 0 aromatic carbocycles. The van der Waals surface area contributed by atoms with Crippen LogP contribution < -0.4 is 0 Å². The van der Waals surface area contributed by atoms with Gasteiger partial charge in [0.25, 0.3) is 0 Å². The minimum Gasteiger partial charge on any atom is -0.297 e. The van der Waals surface area contributed by atoms with Crippen molar-refractivity contribution in [2.24, 2.45) is 0 Å². The molecule has 0 N–H and O–H groups in total. The van der Waals surface area contributed by atoms with E-state index >= 15 is 0 Å². The van der Waals surface area contributed by atoms with Gasteiger partial charge in [0, 0.05) is 12.1 Å². The third kappa shape index (κ3) is 3.23. The highest BCUT2D eigenvalue weighted by Crippen LogP contribution is 2.29. The van der Waals surface area contributed by atoms with Crippen molar-refractivity contribution in [3.63, 3.8) is 0 Å². The van der Waals surface area contributed by atoms with E-state index < -0.39 is 0 Å². The van der Waals surface area contributed by atoms with Crippen LogP contribution in [0.15, 0.2) is 0 Å². The highest BCUT2D eigenvalue weighted by Gasteiger charge is 2.29. The summed E-state index contributed by atoms with van der Waals surface area (Å²) in [5.74, 6) is 0. The maximum atomic E-state index is 2.88. The number of likely N-dealkylation sites (tertiary alicyclic amines) is 1. The second-order valence-electron chi connectivity index (χ2n) is 5.82. The second-order valence-corrected chi connectivity index (χ2v) is 5.82. The molecular weight excluding hydrogens is 194 g/mol. The van der Waals surface area contributed by atoms with Gasteiger partial charge < -0.3 is 0 Å². The van der Waals surface area contributed by atoms with Crippen LogP contribution in [0.4, 0.5) is 0 Å². The molecule has 1 nitrogen and oxygen atoms in total. The Morgan fingerprint density at radius 1 is 0.875 bits per heavy atom. The Morgan fingerprint density at radius 3 is 2.25 bits per heavy atom. The van der Waals surface area contributed by atoms with Gasteiger partial charge in [-0.3, -0.25) is 4.90 Å². The van der Waals surface area contributed by atoms with Crippen LogP contribution in [0.1, 0.15) is 77.6 Å². The van der Waals surface area contributed by atoms with Crippen LogP contribution in [-0.4, -0.2) is 23.5 Å². The molecule has 1 heterocycles. The first-order chi connectivity index (χ1) is 7.92. The molecule has 94 valence electrons. The predicted molar refractivity (Wildman–Crippen MR) is 70.7 cm³/mol. The summed E-state index contributed by atoms with van der Waals surface area (Å²) >= 11 is 0. The Morgan fingerprint density at radius 2 is 1.56 bits per heavy atom. The van der Waals surface area contributed by atoms with Crippen LogP contribution in [0.25, 0.3) is 0 Å². The topological polar surface area (TPSA) is 3.24 Å². The van der Waals surface area contributed by atoms with Gasteiger partial charge in [0.05, 0.1) is 0 Å². The summed E-state index contributed by atoms with van der Waals surface area (Å²) in [5.41, 5.74) is 0. The summed E-state index contributed by atoms with van der Waals surface area (Å²) in [6.07, 6.45) is 16.2. The van der Waals surface area contributed by atoms with Crippen molar-refractivity contribution in [1.82, 2.24) is 4.90 Å². The van der Waals surface area contributed by atoms with Gasteiger partial charge in [0.1, 0.15) is 0 Å². The molecule has 1 heteroatoms. The molecule has 2 rings (SSSR count). The molecule has 2 aliphatic rings. The average molecular weight is 223 g/mol. The standard InChI is InChI=1S/C15H29N/c1-2-9-14-12-8-13-16(14)15-10-6-4-3-5-7-11-15/h14-15H,2-13H2,1H3/t14-/m1/s1. The Bertz CT molecular complexity index is 182. The van der Waals surface area contributed by atoms with E-state index in [2.05, 4.69) is 11.8 Å². The smallest absolute Gasteiger partial charge is 0.00985 e. The first-order valence-electron chi connectivity index (χ1n) is 7.67. The summed E-state index contributed by atoms with van der Waals surface area (Å²) in [4.78, 5) is 2.88. The first-order valence-corrected chi connectivity index (χ1v) is 7.67. The van der Waals surface area contributed by atoms with Crippen LogP contribution in [0, 0.1) is 0 Å². The molecule has 0 radical (unpaired) electrons. The Kier molecular flexibility index (Phi) is 5.15. The molecule has 0 aromatic heterocycles. The van der Waals surface area contributed by atoms with Crippen molar-refractivity contribution in [3.8, 4) is 0 Å². The molecule has 1 saturated heterocycles. The zero-order chi connectivity index (χ0) is 11.2. The Hall–Kier alpha value is -0.0400. The molecule has 1 aliphatic carbocycles. The van der Waals surface area contributed by atoms with E-state index in [4.69, 9.17) is 0 Å². The quantitative estimate of drug-likeness (QED) is 0.687. The summed E-state index contributed by atoms with van der Waals surface area (Å²) in [6, 6.07) is 1.88. The van der Waals surface area contributed by atoms with Crippen LogP contribution in [0.3, 0.4) is 0 Å². The van der Waals surface area contributed by atoms with E-state index in [9.17, 15) is 0 Å². The molecular formula is C15H29N. The maximum Gasteiger partial charge on any atom is 0.00985 e. The zero-order valence-corrected chi connectivity index (χ0v) is 11.1. The molecule has 1 aliphatic heterocycles. The first kappa shape index (κ1) is 12.4. The fourth-order valence-electron chi connectivity index (χ4n) is 3.75. The molecule has 1 saturated carbocycles. The van der Waals surface area contributed by atoms with Crippen molar-refractivity contribution >= 4 is 0 Å². The minimum absolute atomic E-state index is 0.939. The second kappa shape index (κ2) is 6.64. The lowest BCUT2D eigenvalue weighted by Crippen LogP contribution is -2.39. The number of rotatable bonds is 3. The van der Waals surface area contributed by atoms with Crippen molar-refractivity contribution in [3.05, 3.63) is 0 Å². The van der Waals surface area contributed by atoms with E-state index in [0.29, 0.717) is 0 Å². The monoisotopic (exact) mass is 223 g/mol. The third-order valence-corrected chi connectivity index (χ3v) is 4.59. The highest BCUT2D eigenvalue weighted by molar-refractivity contribution is 4.85. The van der Waals surface area contributed by atoms with Crippen LogP contribution in [0.5, 0.6) is 0 Å².